The fourth-order valence-corrected chi connectivity index (χ4v) is 3.12. The molecule has 0 radical (unpaired) electrons. The molecular formula is C20H22FN3O3. The monoisotopic (exact) mass is 371 g/mol. The highest BCUT2D eigenvalue weighted by molar-refractivity contribution is 5.96. The van der Waals surface area contributed by atoms with E-state index in [1.165, 1.54) is 12.1 Å². The van der Waals surface area contributed by atoms with Gasteiger partial charge in [-0.25, -0.2) is 4.39 Å². The van der Waals surface area contributed by atoms with Crippen LogP contribution in [-0.4, -0.2) is 50.0 Å². The summed E-state index contributed by atoms with van der Waals surface area (Å²) < 4.78 is 18.6. The zero-order valence-electron chi connectivity index (χ0n) is 15.1. The van der Waals surface area contributed by atoms with E-state index in [0.717, 1.165) is 5.56 Å². The van der Waals surface area contributed by atoms with Gasteiger partial charge in [-0.15, -0.1) is 0 Å². The summed E-state index contributed by atoms with van der Waals surface area (Å²) in [5.41, 5.74) is 1.18. The van der Waals surface area contributed by atoms with E-state index >= 15 is 0 Å². The summed E-state index contributed by atoms with van der Waals surface area (Å²) in [7, 11) is 1.55. The number of carbonyl (C=O) groups is 2. The molecule has 1 aliphatic rings. The highest BCUT2D eigenvalue weighted by atomic mass is 19.1. The first-order valence-electron chi connectivity index (χ1n) is 8.76. The molecule has 0 saturated carbocycles. The average Bonchev–Trinajstić information content (AvgIpc) is 2.72. The van der Waals surface area contributed by atoms with Crippen LogP contribution in [0.25, 0.3) is 0 Å². The van der Waals surface area contributed by atoms with E-state index < -0.39 is 0 Å². The molecule has 3 rings (SSSR count). The first-order chi connectivity index (χ1) is 13.1. The summed E-state index contributed by atoms with van der Waals surface area (Å²) >= 11 is 0. The van der Waals surface area contributed by atoms with Crippen LogP contribution >= 0.6 is 0 Å². The predicted octanol–water partition coefficient (Wildman–Crippen LogP) is 1.74. The molecule has 1 saturated heterocycles. The fraction of sp³-hybridized carbons (Fsp3) is 0.300. The molecule has 2 aromatic carbocycles. The number of nitrogens with one attached hydrogen (secondary N) is 2. The van der Waals surface area contributed by atoms with Crippen LogP contribution in [0.4, 0.5) is 4.39 Å². The maximum absolute atomic E-state index is 13.6. The second-order valence-corrected chi connectivity index (χ2v) is 6.27. The Balaban J connectivity index is 1.63. The highest BCUT2D eigenvalue weighted by Crippen LogP contribution is 2.23. The van der Waals surface area contributed by atoms with Gasteiger partial charge < -0.3 is 20.3 Å². The van der Waals surface area contributed by atoms with E-state index in [1.54, 1.807) is 48.4 Å². The lowest BCUT2D eigenvalue weighted by atomic mass is 10.0. The summed E-state index contributed by atoms with van der Waals surface area (Å²) in [6, 6.07) is 12.6. The quantitative estimate of drug-likeness (QED) is 0.840. The number of rotatable bonds is 5. The Morgan fingerprint density at radius 1 is 1.26 bits per heavy atom. The summed E-state index contributed by atoms with van der Waals surface area (Å²) in [4.78, 5) is 26.6. The van der Waals surface area contributed by atoms with Gasteiger partial charge in [0.1, 0.15) is 11.6 Å². The van der Waals surface area contributed by atoms with Gasteiger partial charge in [-0.05, 0) is 42.0 Å². The third-order valence-corrected chi connectivity index (χ3v) is 4.55. The van der Waals surface area contributed by atoms with Gasteiger partial charge in [0.25, 0.3) is 5.91 Å². The molecule has 1 heterocycles. The van der Waals surface area contributed by atoms with Gasteiger partial charge in [0, 0.05) is 25.2 Å². The molecule has 1 fully saturated rings. The highest BCUT2D eigenvalue weighted by Gasteiger charge is 2.28. The lowest BCUT2D eigenvalue weighted by Gasteiger charge is -2.36. The van der Waals surface area contributed by atoms with Crippen LogP contribution in [0.3, 0.4) is 0 Å². The normalized spacial score (nSPS) is 16.7. The Morgan fingerprint density at radius 3 is 2.74 bits per heavy atom. The second kappa shape index (κ2) is 8.64. The third kappa shape index (κ3) is 4.62. The summed E-state index contributed by atoms with van der Waals surface area (Å²) in [6.45, 7) is 1.58. The van der Waals surface area contributed by atoms with Crippen LogP contribution in [0.5, 0.6) is 5.75 Å². The largest absolute Gasteiger partial charge is 0.497 e. The Bertz CT molecular complexity index is 810. The lowest BCUT2D eigenvalue weighted by Crippen LogP contribution is -2.51. The molecule has 0 bridgehead atoms. The van der Waals surface area contributed by atoms with Crippen molar-refractivity contribution in [3.63, 3.8) is 0 Å². The number of carbonyl (C=O) groups excluding carboxylic acids is 2. The zero-order valence-corrected chi connectivity index (χ0v) is 15.1. The van der Waals surface area contributed by atoms with Gasteiger partial charge in [0.2, 0.25) is 5.91 Å². The molecule has 6 nitrogen and oxygen atoms in total. The molecule has 142 valence electrons. The maximum atomic E-state index is 13.6. The Morgan fingerprint density at radius 2 is 2.04 bits per heavy atom. The molecule has 2 amide bonds. The van der Waals surface area contributed by atoms with Gasteiger partial charge in [-0.2, -0.15) is 0 Å². The Kier molecular flexibility index (Phi) is 6.03. The smallest absolute Gasteiger partial charge is 0.251 e. The molecule has 27 heavy (non-hydrogen) atoms. The molecule has 0 spiro atoms. The minimum Gasteiger partial charge on any atom is -0.497 e. The van der Waals surface area contributed by atoms with Crippen molar-refractivity contribution in [3.05, 3.63) is 65.5 Å². The molecule has 1 aliphatic heterocycles. The topological polar surface area (TPSA) is 70.7 Å². The van der Waals surface area contributed by atoms with Crippen LogP contribution < -0.4 is 15.4 Å². The summed E-state index contributed by atoms with van der Waals surface area (Å²) in [5, 5.41) is 5.88. The minimum absolute atomic E-state index is 0.114. The van der Waals surface area contributed by atoms with E-state index in [2.05, 4.69) is 10.6 Å². The number of halogens is 1. The number of methoxy groups -OCH3 is 1. The molecule has 2 N–H and O–H groups in total. The zero-order chi connectivity index (χ0) is 19.2. The van der Waals surface area contributed by atoms with Crippen LogP contribution in [0, 0.1) is 5.82 Å². The van der Waals surface area contributed by atoms with E-state index in [0.29, 0.717) is 30.9 Å². The van der Waals surface area contributed by atoms with Crippen LogP contribution in [0.15, 0.2) is 48.5 Å². The van der Waals surface area contributed by atoms with Gasteiger partial charge in [0.15, 0.2) is 0 Å². The SMILES string of the molecule is COc1ccc(C(=O)NCC(=O)N2CCNCC2c2cccc(F)c2)cc1. The van der Waals surface area contributed by atoms with Gasteiger partial charge in [-0.1, -0.05) is 12.1 Å². The molecule has 1 atom stereocenters. The second-order valence-electron chi connectivity index (χ2n) is 6.27. The van der Waals surface area contributed by atoms with Crippen LogP contribution in [0.2, 0.25) is 0 Å². The average molecular weight is 371 g/mol. The minimum atomic E-state index is -0.335. The van der Waals surface area contributed by atoms with Gasteiger partial charge in [0.05, 0.1) is 19.7 Å². The number of hydrogen-bond acceptors (Lipinski definition) is 4. The number of piperazine rings is 1. The Labute approximate surface area is 157 Å². The van der Waals surface area contributed by atoms with Crippen molar-refractivity contribution in [2.75, 3.05) is 33.3 Å². The van der Waals surface area contributed by atoms with E-state index in [9.17, 15) is 14.0 Å². The molecule has 1 unspecified atom stereocenters. The first-order valence-corrected chi connectivity index (χ1v) is 8.76. The summed E-state index contributed by atoms with van der Waals surface area (Å²) in [6.07, 6.45) is 0. The van der Waals surface area contributed by atoms with E-state index in [1.807, 2.05) is 0 Å². The van der Waals surface area contributed by atoms with Crippen molar-refractivity contribution in [2.24, 2.45) is 0 Å². The van der Waals surface area contributed by atoms with Crippen molar-refractivity contribution in [2.45, 2.75) is 6.04 Å². The molecular weight excluding hydrogens is 349 g/mol. The van der Waals surface area contributed by atoms with Crippen molar-refractivity contribution in [3.8, 4) is 5.75 Å². The van der Waals surface area contributed by atoms with E-state index in [-0.39, 0.29) is 30.2 Å². The van der Waals surface area contributed by atoms with Crippen molar-refractivity contribution < 1.29 is 18.7 Å². The van der Waals surface area contributed by atoms with Crippen molar-refractivity contribution in [1.29, 1.82) is 0 Å². The van der Waals surface area contributed by atoms with E-state index in [4.69, 9.17) is 4.74 Å². The van der Waals surface area contributed by atoms with Crippen molar-refractivity contribution >= 4 is 11.8 Å². The summed E-state index contributed by atoms with van der Waals surface area (Å²) in [5.74, 6) is -0.212. The first kappa shape index (κ1) is 18.8. The number of nitrogens with zero attached hydrogens (tertiary/aromatic N) is 1. The third-order valence-electron chi connectivity index (χ3n) is 4.55. The van der Waals surface area contributed by atoms with Crippen molar-refractivity contribution in [1.82, 2.24) is 15.5 Å². The fourth-order valence-electron chi connectivity index (χ4n) is 3.12. The molecule has 0 aromatic heterocycles. The number of ether oxygens (including phenoxy) is 1. The lowest BCUT2D eigenvalue weighted by molar-refractivity contribution is -0.133. The maximum Gasteiger partial charge on any atom is 0.251 e. The number of hydrogen-bond donors (Lipinski definition) is 2. The molecule has 0 aliphatic carbocycles. The number of amides is 2. The number of benzene rings is 2. The predicted molar refractivity (Wildman–Crippen MR) is 99.1 cm³/mol. The van der Waals surface area contributed by atoms with Crippen LogP contribution in [0.1, 0.15) is 22.0 Å². The molecule has 2 aromatic rings. The van der Waals surface area contributed by atoms with Crippen LogP contribution in [-0.2, 0) is 4.79 Å². The Hall–Kier alpha value is -2.93. The van der Waals surface area contributed by atoms with Gasteiger partial charge >= 0.3 is 0 Å². The standard InChI is InChI=1S/C20H22FN3O3/c1-27-17-7-5-14(6-8-17)20(26)23-13-19(25)24-10-9-22-12-18(24)15-3-2-4-16(21)11-15/h2-8,11,18,22H,9-10,12-13H2,1H3,(H,23,26). The van der Waals surface area contributed by atoms with Gasteiger partial charge in [-0.3, -0.25) is 9.59 Å². The molecule has 7 heteroatoms.